The van der Waals surface area contributed by atoms with Crippen LogP contribution >= 0.6 is 0 Å². The lowest BCUT2D eigenvalue weighted by molar-refractivity contribution is 0.0694. The van der Waals surface area contributed by atoms with Crippen LogP contribution < -0.4 is 11.2 Å². The van der Waals surface area contributed by atoms with E-state index in [1.165, 1.54) is 6.07 Å². The molecule has 28 heavy (non-hydrogen) atoms. The smallest absolute Gasteiger partial charge is 0.339 e. The number of carboxylic acid groups (broad SMARTS) is 1. The molecule has 0 unspecified atom stereocenters. The van der Waals surface area contributed by atoms with Gasteiger partial charge in [0.1, 0.15) is 16.9 Å². The number of hydrogen-bond acceptors (Lipinski definition) is 6. The fourth-order valence-electron chi connectivity index (χ4n) is 2.51. The minimum atomic E-state index is -1.30. The second kappa shape index (κ2) is 7.23. The first-order valence-electron chi connectivity index (χ1n) is 8.03. The highest BCUT2D eigenvalue weighted by atomic mass is 16.4. The molecule has 3 rings (SSSR count). The van der Waals surface area contributed by atoms with Gasteiger partial charge in [0.2, 0.25) is 5.88 Å². The number of rotatable bonds is 4. The van der Waals surface area contributed by atoms with Crippen molar-refractivity contribution in [2.24, 2.45) is 4.99 Å². The first kappa shape index (κ1) is 18.6. The van der Waals surface area contributed by atoms with Crippen molar-refractivity contribution in [2.45, 2.75) is 6.92 Å². The molecule has 0 saturated carbocycles. The third-order valence-electron chi connectivity index (χ3n) is 3.97. The van der Waals surface area contributed by atoms with E-state index in [0.29, 0.717) is 5.69 Å². The molecular formula is C19H15N3O6. The SMILES string of the molecule is Cc1ccc(-n2c(O)c(C=Nc3ccc(C(=O)O)c(O)c3)c(=O)[nH]c2=O)cc1. The summed E-state index contributed by atoms with van der Waals surface area (Å²) < 4.78 is 0.924. The quantitative estimate of drug-likeness (QED) is 0.506. The minimum Gasteiger partial charge on any atom is -0.507 e. The number of aromatic nitrogens is 2. The summed E-state index contributed by atoms with van der Waals surface area (Å²) in [5.41, 5.74) is -0.786. The van der Waals surface area contributed by atoms with Crippen LogP contribution in [0.5, 0.6) is 11.6 Å². The zero-order chi connectivity index (χ0) is 20.4. The lowest BCUT2D eigenvalue weighted by atomic mass is 10.2. The van der Waals surface area contributed by atoms with E-state index in [1.54, 1.807) is 24.3 Å². The third-order valence-corrected chi connectivity index (χ3v) is 3.97. The number of phenols is 1. The lowest BCUT2D eigenvalue weighted by Crippen LogP contribution is -2.31. The second-order valence-corrected chi connectivity index (χ2v) is 5.93. The molecule has 0 radical (unpaired) electrons. The normalized spacial score (nSPS) is 11.0. The number of carboxylic acids is 1. The number of hydrogen-bond donors (Lipinski definition) is 4. The van der Waals surface area contributed by atoms with Crippen molar-refractivity contribution >= 4 is 17.9 Å². The molecular weight excluding hydrogens is 366 g/mol. The number of H-pyrrole nitrogens is 1. The summed E-state index contributed by atoms with van der Waals surface area (Å²) in [6, 6.07) is 10.3. The molecule has 142 valence electrons. The molecule has 0 aliphatic carbocycles. The van der Waals surface area contributed by atoms with Crippen LogP contribution in [0.15, 0.2) is 57.0 Å². The van der Waals surface area contributed by atoms with Crippen molar-refractivity contribution < 1.29 is 20.1 Å². The maximum atomic E-state index is 12.1. The summed E-state index contributed by atoms with van der Waals surface area (Å²) in [5, 5.41) is 29.1. The van der Waals surface area contributed by atoms with Crippen LogP contribution in [-0.4, -0.2) is 37.1 Å². The van der Waals surface area contributed by atoms with E-state index in [-0.39, 0.29) is 16.8 Å². The Morgan fingerprint density at radius 1 is 1.11 bits per heavy atom. The van der Waals surface area contributed by atoms with E-state index in [0.717, 1.165) is 28.5 Å². The maximum Gasteiger partial charge on any atom is 0.339 e. The number of aliphatic imine (C=N–C) groups is 1. The molecule has 2 aromatic carbocycles. The van der Waals surface area contributed by atoms with Crippen LogP contribution in [0.3, 0.4) is 0 Å². The Hall–Kier alpha value is -4.14. The molecule has 1 aromatic heterocycles. The molecule has 1 heterocycles. The predicted molar refractivity (Wildman–Crippen MR) is 101 cm³/mol. The van der Waals surface area contributed by atoms with Crippen molar-refractivity contribution in [3.63, 3.8) is 0 Å². The van der Waals surface area contributed by atoms with Crippen LogP contribution in [-0.2, 0) is 0 Å². The third kappa shape index (κ3) is 3.54. The molecule has 0 amide bonds. The minimum absolute atomic E-state index is 0.148. The summed E-state index contributed by atoms with van der Waals surface area (Å²) in [6.45, 7) is 1.86. The highest BCUT2D eigenvalue weighted by molar-refractivity contribution is 5.91. The number of carbonyl (C=O) groups is 1. The van der Waals surface area contributed by atoms with Crippen molar-refractivity contribution in [2.75, 3.05) is 0 Å². The van der Waals surface area contributed by atoms with Crippen LogP contribution in [0.4, 0.5) is 5.69 Å². The molecule has 0 atom stereocenters. The summed E-state index contributed by atoms with van der Waals surface area (Å²) >= 11 is 0. The number of nitrogens with one attached hydrogen (secondary N) is 1. The van der Waals surface area contributed by atoms with Gasteiger partial charge >= 0.3 is 11.7 Å². The first-order valence-corrected chi connectivity index (χ1v) is 8.03. The Morgan fingerprint density at radius 3 is 2.39 bits per heavy atom. The molecule has 0 aliphatic heterocycles. The van der Waals surface area contributed by atoms with E-state index in [2.05, 4.69) is 9.98 Å². The number of benzene rings is 2. The van der Waals surface area contributed by atoms with Gasteiger partial charge in [0, 0.05) is 12.3 Å². The number of aromatic hydroxyl groups is 2. The van der Waals surface area contributed by atoms with Crippen molar-refractivity contribution in [3.8, 4) is 17.3 Å². The van der Waals surface area contributed by atoms with Gasteiger partial charge < -0.3 is 15.3 Å². The van der Waals surface area contributed by atoms with E-state index in [4.69, 9.17) is 5.11 Å². The fourth-order valence-corrected chi connectivity index (χ4v) is 2.51. The van der Waals surface area contributed by atoms with Crippen LogP contribution in [0, 0.1) is 6.92 Å². The largest absolute Gasteiger partial charge is 0.507 e. The van der Waals surface area contributed by atoms with Gasteiger partial charge in [-0.15, -0.1) is 0 Å². The highest BCUT2D eigenvalue weighted by Gasteiger charge is 2.14. The summed E-state index contributed by atoms with van der Waals surface area (Å²) in [6.07, 6.45) is 1.02. The van der Waals surface area contributed by atoms with E-state index in [1.807, 2.05) is 6.92 Å². The highest BCUT2D eigenvalue weighted by Crippen LogP contribution is 2.24. The Morgan fingerprint density at radius 2 is 1.79 bits per heavy atom. The zero-order valence-corrected chi connectivity index (χ0v) is 14.6. The molecule has 0 fully saturated rings. The van der Waals surface area contributed by atoms with Crippen LogP contribution in [0.1, 0.15) is 21.5 Å². The Bertz CT molecular complexity index is 1210. The van der Waals surface area contributed by atoms with Crippen molar-refractivity contribution in [1.82, 2.24) is 9.55 Å². The average molecular weight is 381 g/mol. The predicted octanol–water partition coefficient (Wildman–Crippen LogP) is 1.69. The van der Waals surface area contributed by atoms with Crippen molar-refractivity contribution in [3.05, 3.63) is 80.0 Å². The standard InChI is InChI=1S/C19H15N3O6/c1-10-2-5-12(6-3-10)22-17(25)14(16(24)21-19(22)28)9-20-11-4-7-13(18(26)27)15(23)8-11/h2-9,23,25H,1H3,(H,26,27)(H,21,24,28). The zero-order valence-electron chi connectivity index (χ0n) is 14.6. The van der Waals surface area contributed by atoms with Gasteiger partial charge in [0.05, 0.1) is 11.4 Å². The molecule has 4 N–H and O–H groups in total. The van der Waals surface area contributed by atoms with E-state index < -0.39 is 28.8 Å². The number of nitrogens with zero attached hydrogens (tertiary/aromatic N) is 2. The molecule has 9 nitrogen and oxygen atoms in total. The molecule has 0 bridgehead atoms. The lowest BCUT2D eigenvalue weighted by Gasteiger charge is -2.09. The van der Waals surface area contributed by atoms with E-state index in [9.17, 15) is 24.6 Å². The molecule has 0 saturated heterocycles. The Kier molecular flexibility index (Phi) is 4.82. The maximum absolute atomic E-state index is 12.1. The van der Waals surface area contributed by atoms with Gasteiger partial charge in [-0.25, -0.2) is 14.2 Å². The van der Waals surface area contributed by atoms with Gasteiger partial charge in [-0.3, -0.25) is 14.8 Å². The molecule has 0 spiro atoms. The summed E-state index contributed by atoms with van der Waals surface area (Å²) in [4.78, 5) is 41.2. The first-order chi connectivity index (χ1) is 13.3. The monoisotopic (exact) mass is 381 g/mol. The fraction of sp³-hybridized carbons (Fsp3) is 0.0526. The number of aromatic carboxylic acids is 1. The molecule has 3 aromatic rings. The topological polar surface area (TPSA) is 145 Å². The van der Waals surface area contributed by atoms with E-state index >= 15 is 0 Å². The van der Waals surface area contributed by atoms with Gasteiger partial charge in [-0.1, -0.05) is 17.7 Å². The van der Waals surface area contributed by atoms with Crippen LogP contribution in [0.2, 0.25) is 0 Å². The Labute approximate surface area is 157 Å². The van der Waals surface area contributed by atoms with Gasteiger partial charge in [0.25, 0.3) is 5.56 Å². The van der Waals surface area contributed by atoms with Gasteiger partial charge in [0.15, 0.2) is 0 Å². The molecule has 9 heteroatoms. The second-order valence-electron chi connectivity index (χ2n) is 5.93. The number of aromatic amines is 1. The summed E-state index contributed by atoms with van der Waals surface area (Å²) in [5.74, 6) is -2.40. The Balaban J connectivity index is 2.06. The number of aryl methyl sites for hydroxylation is 1. The summed E-state index contributed by atoms with van der Waals surface area (Å²) in [7, 11) is 0. The van der Waals surface area contributed by atoms with Crippen molar-refractivity contribution in [1.29, 1.82) is 0 Å². The van der Waals surface area contributed by atoms with Gasteiger partial charge in [-0.05, 0) is 31.2 Å². The average Bonchev–Trinajstić information content (AvgIpc) is 2.62. The van der Waals surface area contributed by atoms with Gasteiger partial charge in [-0.2, -0.15) is 0 Å². The van der Waals surface area contributed by atoms with Crippen LogP contribution in [0.25, 0.3) is 5.69 Å². The molecule has 0 aliphatic rings.